The summed E-state index contributed by atoms with van der Waals surface area (Å²) >= 11 is 5.68. The number of aromatic nitrogens is 9. The minimum absolute atomic E-state index is 0.497. The van der Waals surface area contributed by atoms with E-state index in [0.29, 0.717) is 11.8 Å². The summed E-state index contributed by atoms with van der Waals surface area (Å²) < 4.78 is 21.8. The lowest BCUT2D eigenvalue weighted by Crippen LogP contribution is -2.00. The molecule has 0 aliphatic rings. The highest BCUT2D eigenvalue weighted by Gasteiger charge is 2.29. The number of fused-ring (bicyclic) bond motifs is 17. The number of thiophene rings is 3. The molecular weight excluding hydrogens is 1800 g/mol. The van der Waals surface area contributed by atoms with Crippen molar-refractivity contribution in [3.63, 3.8) is 0 Å². The molecule has 0 aliphatic carbocycles. The van der Waals surface area contributed by atoms with Crippen molar-refractivity contribution >= 4 is 152 Å². The molecule has 0 N–H and O–H groups in total. The molecule has 0 amide bonds. The van der Waals surface area contributed by atoms with Gasteiger partial charge in [0, 0.05) is 145 Å². The third kappa shape index (κ3) is 14.6. The van der Waals surface area contributed by atoms with Crippen LogP contribution in [0.3, 0.4) is 0 Å². The molecular formula is C130H83N9OS3. The SMILES string of the molecule is c1ccc(-c2nnc(-c3cccc(-n4c5ccccc5c5c6sc(-c7ccccc7)c(-c7ccccc7)c6ccc54)c3)o2)cc1.c1ccc(-c2sc3c(ccc4c3c3ccccc3n4-c3cccc(-c4nc5ccccc5n4-c4ccccc4)c3)c2-c2ccccc2)cc1.c1ccc(-c2sc3c(ccc4c3c3ccccc3n4-c3cccc(-n4c(-c5ccccc5)nc5ccccc54)c3)c2-c2ccccc2)cc1. The number of imidazole rings is 2. The van der Waals surface area contributed by atoms with Gasteiger partial charge in [-0.15, -0.1) is 44.2 Å². The Morgan fingerprint density at radius 1 is 0.175 bits per heavy atom. The van der Waals surface area contributed by atoms with E-state index < -0.39 is 0 Å². The third-order valence-electron chi connectivity index (χ3n) is 27.4. The summed E-state index contributed by atoms with van der Waals surface area (Å²) in [6.45, 7) is 0. The Kier molecular flexibility index (Phi) is 21.0. The van der Waals surface area contributed by atoms with E-state index in [0.717, 1.165) is 95.4 Å². The largest absolute Gasteiger partial charge is 0.416 e. The van der Waals surface area contributed by atoms with Crippen LogP contribution < -0.4 is 0 Å². The molecule has 143 heavy (non-hydrogen) atoms. The first-order valence-corrected chi connectivity index (χ1v) is 50.5. The second-order valence-electron chi connectivity index (χ2n) is 35.8. The highest BCUT2D eigenvalue weighted by Crippen LogP contribution is 2.54. The standard InChI is InChI=1S/2C45H29N3S.C40H25N3OS/c1-4-15-30(16-5-1)41-36-27-28-40-42(44(36)49-43(41)31-17-6-2-7-18-31)35-23-10-12-25-38(35)47(40)34-22-14-19-32(29-34)45-46-37-24-11-13-26-39(37)48(45)33-20-8-3-9-21-33;1-4-15-30(16-5-1)41-36-27-28-40-42(44(36)49-43(41)31-17-6-2-7-18-31)35-23-10-12-25-38(35)47(40)33-21-14-22-34(29-33)48-39-26-13-11-24-37(39)46-45(48)32-19-8-3-9-20-32;1-4-13-26(14-5-1)35-32-23-24-34-36(38(32)45-37(35)27-15-6-2-7-16-27)31-21-10-11-22-33(31)43(34)30-20-12-19-29(25-30)40-42-41-39(44-40)28-17-8-3-9-18-28/h2*1-29H;1-25H. The van der Waals surface area contributed by atoms with E-state index in [1.165, 1.54) is 149 Å². The number of benzene rings is 20. The van der Waals surface area contributed by atoms with Gasteiger partial charge in [0.2, 0.25) is 11.8 Å². The molecule has 20 aromatic carbocycles. The monoisotopic (exact) mass is 1880 g/mol. The van der Waals surface area contributed by atoms with Crippen LogP contribution in [0, 0.1) is 0 Å². The molecule has 0 bridgehead atoms. The lowest BCUT2D eigenvalue weighted by atomic mass is 9.98. The maximum absolute atomic E-state index is 6.13. The molecule has 0 atom stereocenters. The first-order chi connectivity index (χ1) is 71.0. The number of nitrogens with zero attached hydrogens (tertiary/aromatic N) is 9. The van der Waals surface area contributed by atoms with Gasteiger partial charge in [0.05, 0.1) is 55.2 Å². The van der Waals surface area contributed by atoms with E-state index in [4.69, 9.17) is 14.4 Å². The molecule has 0 fully saturated rings. The zero-order valence-corrected chi connectivity index (χ0v) is 79.5. The van der Waals surface area contributed by atoms with Gasteiger partial charge in [0.1, 0.15) is 11.6 Å². The van der Waals surface area contributed by atoms with Gasteiger partial charge in [-0.05, 0) is 167 Å². The molecule has 29 aromatic rings. The van der Waals surface area contributed by atoms with Gasteiger partial charge in [-0.25, -0.2) is 9.97 Å². The van der Waals surface area contributed by atoms with E-state index >= 15 is 0 Å². The normalized spacial score (nSPS) is 11.6. The maximum Gasteiger partial charge on any atom is 0.248 e. The lowest BCUT2D eigenvalue weighted by molar-refractivity contribution is 0.584. The Hall–Kier alpha value is -18.2. The van der Waals surface area contributed by atoms with Crippen LogP contribution in [0.1, 0.15) is 0 Å². The fraction of sp³-hybridized carbons (Fsp3) is 0. The number of hydrogen-bond donors (Lipinski definition) is 0. The van der Waals surface area contributed by atoms with Gasteiger partial charge in [-0.3, -0.25) is 9.13 Å². The molecule has 0 radical (unpaired) electrons. The maximum atomic E-state index is 6.13. The van der Waals surface area contributed by atoms with Crippen molar-refractivity contribution in [3.8, 4) is 139 Å². The van der Waals surface area contributed by atoms with E-state index in [2.05, 4.69) is 500 Å². The van der Waals surface area contributed by atoms with Gasteiger partial charge in [0.25, 0.3) is 0 Å². The van der Waals surface area contributed by atoms with Crippen LogP contribution in [0.25, 0.3) is 257 Å². The Labute approximate surface area is 835 Å². The van der Waals surface area contributed by atoms with Crippen LogP contribution in [0.2, 0.25) is 0 Å². The smallest absolute Gasteiger partial charge is 0.248 e. The van der Waals surface area contributed by atoms with E-state index in [9.17, 15) is 0 Å². The molecule has 29 rings (SSSR count). The molecule has 10 nitrogen and oxygen atoms in total. The Balaban J connectivity index is 0.000000107. The summed E-state index contributed by atoms with van der Waals surface area (Å²) in [4.78, 5) is 14.2. The van der Waals surface area contributed by atoms with Crippen LogP contribution in [-0.2, 0) is 0 Å². The van der Waals surface area contributed by atoms with Gasteiger partial charge in [-0.2, -0.15) is 0 Å². The Morgan fingerprint density at radius 3 is 0.832 bits per heavy atom. The minimum Gasteiger partial charge on any atom is -0.416 e. The predicted octanol–water partition coefficient (Wildman–Crippen LogP) is 35.7. The molecule has 13 heteroatoms. The highest BCUT2D eigenvalue weighted by atomic mass is 32.1. The quantitative estimate of drug-likeness (QED) is 0.102. The van der Waals surface area contributed by atoms with Crippen LogP contribution in [0.15, 0.2) is 508 Å². The van der Waals surface area contributed by atoms with E-state index in [1.807, 2.05) is 70.4 Å². The first kappa shape index (κ1) is 84.1. The van der Waals surface area contributed by atoms with E-state index in [1.54, 1.807) is 0 Å². The number of hydrogen-bond acceptors (Lipinski definition) is 8. The van der Waals surface area contributed by atoms with E-state index in [-0.39, 0.29) is 0 Å². The molecule has 0 aliphatic heterocycles. The Bertz CT molecular complexity index is 9880. The van der Waals surface area contributed by atoms with Gasteiger partial charge in [0.15, 0.2) is 0 Å². The summed E-state index contributed by atoms with van der Waals surface area (Å²) in [5, 5.41) is 20.2. The second kappa shape index (κ2) is 35.6. The highest BCUT2D eigenvalue weighted by molar-refractivity contribution is 7.25. The average Bonchev–Trinajstić information content (AvgIpc) is 1.56. The number of para-hydroxylation sites is 8. The van der Waals surface area contributed by atoms with Crippen LogP contribution in [0.5, 0.6) is 0 Å². The average molecular weight is 1880 g/mol. The molecule has 0 saturated carbocycles. The first-order valence-electron chi connectivity index (χ1n) is 48.1. The third-order valence-corrected chi connectivity index (χ3v) is 31.3. The van der Waals surface area contributed by atoms with Gasteiger partial charge >= 0.3 is 0 Å². The summed E-state index contributed by atoms with van der Waals surface area (Å²) in [5.74, 6) is 2.87. The Morgan fingerprint density at radius 2 is 0.441 bits per heavy atom. The van der Waals surface area contributed by atoms with Gasteiger partial charge in [-0.1, -0.05) is 370 Å². The molecule has 0 spiro atoms. The summed E-state index contributed by atoms with van der Waals surface area (Å²) in [6.07, 6.45) is 0. The van der Waals surface area contributed by atoms with Crippen molar-refractivity contribution in [1.82, 2.24) is 43.0 Å². The zero-order valence-electron chi connectivity index (χ0n) is 77.1. The predicted molar refractivity (Wildman–Crippen MR) is 600 cm³/mol. The summed E-state index contributed by atoms with van der Waals surface area (Å²) in [7, 11) is 0. The molecule has 0 saturated heterocycles. The van der Waals surface area contributed by atoms with Crippen LogP contribution >= 0.6 is 34.0 Å². The van der Waals surface area contributed by atoms with Crippen molar-refractivity contribution in [3.05, 3.63) is 504 Å². The molecule has 9 aromatic heterocycles. The molecule has 672 valence electrons. The fourth-order valence-electron chi connectivity index (χ4n) is 21.2. The summed E-state index contributed by atoms with van der Waals surface area (Å²) in [6, 6.07) is 179. The van der Waals surface area contributed by atoms with Crippen LogP contribution in [-0.4, -0.2) is 43.0 Å². The van der Waals surface area contributed by atoms with Crippen molar-refractivity contribution in [2.45, 2.75) is 0 Å². The topological polar surface area (TPSA) is 89.4 Å². The van der Waals surface area contributed by atoms with Crippen molar-refractivity contribution < 1.29 is 4.42 Å². The van der Waals surface area contributed by atoms with Crippen molar-refractivity contribution in [2.24, 2.45) is 0 Å². The van der Waals surface area contributed by atoms with Crippen molar-refractivity contribution in [2.75, 3.05) is 0 Å². The van der Waals surface area contributed by atoms with Crippen LogP contribution in [0.4, 0.5) is 0 Å². The zero-order chi connectivity index (χ0) is 94.4. The number of rotatable bonds is 15. The fourth-order valence-corrected chi connectivity index (χ4v) is 25.4. The van der Waals surface area contributed by atoms with Crippen molar-refractivity contribution in [1.29, 1.82) is 0 Å². The lowest BCUT2D eigenvalue weighted by Gasteiger charge is -2.13. The summed E-state index contributed by atoms with van der Waals surface area (Å²) in [5.41, 5.74) is 31.9. The van der Waals surface area contributed by atoms with Gasteiger partial charge < -0.3 is 18.1 Å². The molecule has 9 heterocycles. The second-order valence-corrected chi connectivity index (χ2v) is 38.9. The molecule has 0 unspecified atom stereocenters. The minimum atomic E-state index is 0.497.